The molecule has 0 radical (unpaired) electrons. The number of amides is 1. The Morgan fingerprint density at radius 2 is 1.67 bits per heavy atom. The van der Waals surface area contributed by atoms with Gasteiger partial charge in [-0.15, -0.1) is 0 Å². The molecule has 1 heterocycles. The summed E-state index contributed by atoms with van der Waals surface area (Å²) in [5.41, 5.74) is 0.477. The summed E-state index contributed by atoms with van der Waals surface area (Å²) < 4.78 is 5.82. The predicted molar refractivity (Wildman–Crippen MR) is 131 cm³/mol. The van der Waals surface area contributed by atoms with Crippen LogP contribution >= 0.6 is 0 Å². The van der Waals surface area contributed by atoms with E-state index < -0.39 is 47.4 Å². The molecule has 3 unspecified atom stereocenters. The van der Waals surface area contributed by atoms with Gasteiger partial charge in [-0.25, -0.2) is 0 Å². The number of nitrogens with one attached hydrogen (secondary N) is 1. The van der Waals surface area contributed by atoms with Gasteiger partial charge < -0.3 is 20.3 Å². The van der Waals surface area contributed by atoms with Gasteiger partial charge in [-0.05, 0) is 37.3 Å². The lowest BCUT2D eigenvalue weighted by atomic mass is 9.75. The summed E-state index contributed by atoms with van der Waals surface area (Å²) in [4.78, 5) is 50.8. The highest BCUT2D eigenvalue weighted by atomic mass is 16.5. The van der Waals surface area contributed by atoms with E-state index in [2.05, 4.69) is 5.32 Å². The van der Waals surface area contributed by atoms with E-state index in [1.54, 1.807) is 24.3 Å². The number of hydrogen-bond acceptors (Lipinski definition) is 5. The van der Waals surface area contributed by atoms with Gasteiger partial charge in [0.1, 0.15) is 18.4 Å². The molecule has 0 spiro atoms. The Hall–Kier alpha value is -3.68. The van der Waals surface area contributed by atoms with Crippen LogP contribution in [-0.4, -0.2) is 46.5 Å². The zero-order chi connectivity index (χ0) is 25.7. The summed E-state index contributed by atoms with van der Waals surface area (Å²) in [5, 5.41) is 22.2. The lowest BCUT2D eigenvalue weighted by Crippen LogP contribution is -2.51. The molecule has 8 nitrogen and oxygen atoms in total. The van der Waals surface area contributed by atoms with Gasteiger partial charge in [-0.3, -0.25) is 19.2 Å². The molecule has 0 aromatic heterocycles. The largest absolute Gasteiger partial charge is 0.491 e. The number of carboxylic acids is 2. The molecule has 36 heavy (non-hydrogen) atoms. The molecule has 1 aliphatic heterocycles. The Labute approximate surface area is 209 Å². The van der Waals surface area contributed by atoms with Crippen molar-refractivity contribution in [2.75, 3.05) is 6.61 Å². The Kier molecular flexibility index (Phi) is 7.72. The molecule has 4 rings (SSSR count). The predicted octanol–water partition coefficient (Wildman–Crippen LogP) is 3.59. The summed E-state index contributed by atoms with van der Waals surface area (Å²) in [6.07, 6.45) is 2.75. The number of rotatable bonds is 9. The van der Waals surface area contributed by atoms with Crippen LogP contribution in [0.1, 0.15) is 55.6 Å². The summed E-state index contributed by atoms with van der Waals surface area (Å²) in [5.74, 6) is -4.11. The maximum Gasteiger partial charge on any atom is 0.306 e. The van der Waals surface area contributed by atoms with Crippen LogP contribution in [0.4, 0.5) is 0 Å². The molecule has 0 saturated heterocycles. The molecule has 2 aromatic carbocycles. The van der Waals surface area contributed by atoms with Crippen LogP contribution < -0.4 is 10.1 Å². The fraction of sp³-hybridized carbons (Fsp3) is 0.429. The number of Topliss-reactive ketones (excluding diaryl/α,β-unsaturated/α-hetero) is 1. The molecular formula is C28H31NO7. The van der Waals surface area contributed by atoms with Crippen molar-refractivity contribution in [3.05, 3.63) is 65.7 Å². The number of carboxylic acid groups (broad SMARTS) is 2. The van der Waals surface area contributed by atoms with Crippen LogP contribution in [0.15, 0.2) is 54.6 Å². The van der Waals surface area contributed by atoms with E-state index in [1.165, 1.54) is 0 Å². The third-order valence-electron chi connectivity index (χ3n) is 7.42. The molecule has 190 valence electrons. The minimum Gasteiger partial charge on any atom is -0.491 e. The Bertz CT molecular complexity index is 1120. The molecule has 8 heteroatoms. The molecule has 1 amide bonds. The average molecular weight is 494 g/mol. The SMILES string of the molecule is O=C(O)CC1C(=O)C(NC(=O)C2(CC(Cc3ccccc3)C(=O)O)CCCC2)COc2ccccc21. The lowest BCUT2D eigenvalue weighted by Gasteiger charge is -2.32. The van der Waals surface area contributed by atoms with Crippen molar-refractivity contribution in [1.82, 2.24) is 5.32 Å². The van der Waals surface area contributed by atoms with Crippen LogP contribution in [-0.2, 0) is 25.6 Å². The second-order valence-electron chi connectivity index (χ2n) is 9.84. The number of benzene rings is 2. The van der Waals surface area contributed by atoms with Crippen LogP contribution in [0, 0.1) is 11.3 Å². The standard InChI is InChI=1S/C28H31NO7/c30-24(31)15-21-20-10-4-5-11-23(20)36-17-22(25(21)32)29-27(35)28(12-6-7-13-28)16-19(26(33)34)14-18-8-2-1-3-9-18/h1-5,8-11,19,21-22H,6-7,12-17H2,(H,29,35)(H,30,31)(H,33,34). The molecule has 2 aromatic rings. The number of para-hydroxylation sites is 1. The van der Waals surface area contributed by atoms with Crippen molar-refractivity contribution in [1.29, 1.82) is 0 Å². The van der Waals surface area contributed by atoms with Gasteiger partial charge in [-0.2, -0.15) is 0 Å². The van der Waals surface area contributed by atoms with E-state index in [-0.39, 0.29) is 18.9 Å². The van der Waals surface area contributed by atoms with Gasteiger partial charge in [0.15, 0.2) is 5.78 Å². The van der Waals surface area contributed by atoms with E-state index in [0.717, 1.165) is 18.4 Å². The topological polar surface area (TPSA) is 130 Å². The highest BCUT2D eigenvalue weighted by molar-refractivity contribution is 5.97. The molecule has 3 N–H and O–H groups in total. The van der Waals surface area contributed by atoms with Crippen molar-refractivity contribution in [2.45, 2.75) is 56.9 Å². The smallest absolute Gasteiger partial charge is 0.306 e. The number of hydrogen-bond donors (Lipinski definition) is 3. The van der Waals surface area contributed by atoms with Gasteiger partial charge in [0.25, 0.3) is 0 Å². The number of fused-ring (bicyclic) bond motifs is 1. The molecule has 0 bridgehead atoms. The zero-order valence-electron chi connectivity index (χ0n) is 20.0. The van der Waals surface area contributed by atoms with Crippen LogP contribution in [0.3, 0.4) is 0 Å². The van der Waals surface area contributed by atoms with Crippen molar-refractivity contribution >= 4 is 23.6 Å². The molecule has 2 aliphatic rings. The Morgan fingerprint density at radius 3 is 2.33 bits per heavy atom. The Balaban J connectivity index is 1.54. The fourth-order valence-corrected chi connectivity index (χ4v) is 5.55. The van der Waals surface area contributed by atoms with E-state index >= 15 is 0 Å². The zero-order valence-corrected chi connectivity index (χ0v) is 20.0. The quantitative estimate of drug-likeness (QED) is 0.487. The van der Waals surface area contributed by atoms with Crippen molar-refractivity contribution < 1.29 is 34.1 Å². The second kappa shape index (κ2) is 10.9. The van der Waals surface area contributed by atoms with E-state index in [9.17, 15) is 29.4 Å². The van der Waals surface area contributed by atoms with Gasteiger partial charge in [0.05, 0.1) is 23.7 Å². The number of carbonyl (C=O) groups excluding carboxylic acids is 2. The number of ether oxygens (including phenoxy) is 1. The van der Waals surface area contributed by atoms with Crippen LogP contribution in [0.5, 0.6) is 5.75 Å². The van der Waals surface area contributed by atoms with Gasteiger partial charge in [0, 0.05) is 5.56 Å². The average Bonchev–Trinajstić information content (AvgIpc) is 3.30. The number of carbonyl (C=O) groups is 4. The van der Waals surface area contributed by atoms with Gasteiger partial charge in [0.2, 0.25) is 5.91 Å². The van der Waals surface area contributed by atoms with Crippen molar-refractivity contribution in [3.63, 3.8) is 0 Å². The van der Waals surface area contributed by atoms with Gasteiger partial charge in [-0.1, -0.05) is 61.4 Å². The maximum atomic E-state index is 13.7. The second-order valence-corrected chi connectivity index (χ2v) is 9.84. The van der Waals surface area contributed by atoms with Gasteiger partial charge >= 0.3 is 11.9 Å². The highest BCUT2D eigenvalue weighted by Gasteiger charge is 2.46. The van der Waals surface area contributed by atoms with Crippen LogP contribution in [0.2, 0.25) is 0 Å². The number of ketones is 1. The summed E-state index contributed by atoms with van der Waals surface area (Å²) in [7, 11) is 0. The first kappa shape index (κ1) is 25.4. The maximum absolute atomic E-state index is 13.7. The Morgan fingerprint density at radius 1 is 1.00 bits per heavy atom. The summed E-state index contributed by atoms with van der Waals surface area (Å²) in [6.45, 7) is -0.111. The molecular weight excluding hydrogens is 462 g/mol. The third-order valence-corrected chi connectivity index (χ3v) is 7.42. The van der Waals surface area contributed by atoms with E-state index in [0.29, 0.717) is 30.6 Å². The summed E-state index contributed by atoms with van der Waals surface area (Å²) in [6, 6.07) is 15.1. The molecule has 1 saturated carbocycles. The molecule has 1 aliphatic carbocycles. The van der Waals surface area contributed by atoms with E-state index in [1.807, 2.05) is 30.3 Å². The molecule has 3 atom stereocenters. The first-order valence-corrected chi connectivity index (χ1v) is 12.3. The fourth-order valence-electron chi connectivity index (χ4n) is 5.55. The first-order valence-electron chi connectivity index (χ1n) is 12.3. The minimum atomic E-state index is -1.12. The van der Waals surface area contributed by atoms with Crippen molar-refractivity contribution in [3.8, 4) is 5.75 Å². The summed E-state index contributed by atoms with van der Waals surface area (Å²) >= 11 is 0. The normalized spacial score (nSPS) is 21.5. The van der Waals surface area contributed by atoms with E-state index in [4.69, 9.17) is 4.74 Å². The third kappa shape index (κ3) is 5.58. The lowest BCUT2D eigenvalue weighted by molar-refractivity contribution is -0.145. The first-order chi connectivity index (χ1) is 17.3. The van der Waals surface area contributed by atoms with Crippen molar-refractivity contribution in [2.24, 2.45) is 11.3 Å². The highest BCUT2D eigenvalue weighted by Crippen LogP contribution is 2.44. The number of aliphatic carboxylic acids is 2. The molecule has 1 fully saturated rings. The van der Waals surface area contributed by atoms with Crippen LogP contribution in [0.25, 0.3) is 0 Å². The minimum absolute atomic E-state index is 0.111. The monoisotopic (exact) mass is 493 g/mol.